The fourth-order valence-corrected chi connectivity index (χ4v) is 1.93. The summed E-state index contributed by atoms with van der Waals surface area (Å²) in [6.07, 6.45) is 6.32. The molecule has 1 unspecified atom stereocenters. The Bertz CT molecular complexity index is 222. The summed E-state index contributed by atoms with van der Waals surface area (Å²) in [4.78, 5) is 11.4. The lowest BCUT2D eigenvalue weighted by Crippen LogP contribution is -2.52. The van der Waals surface area contributed by atoms with Crippen LogP contribution in [-0.2, 0) is 9.53 Å². The van der Waals surface area contributed by atoms with Gasteiger partial charge in [-0.25, -0.2) is 0 Å². The molecule has 0 aliphatic heterocycles. The topological polar surface area (TPSA) is 64.3 Å². The van der Waals surface area contributed by atoms with Crippen LogP contribution >= 0.6 is 0 Å². The zero-order chi connectivity index (χ0) is 13.9. The number of hydrogen-bond donors (Lipinski definition) is 2. The second kappa shape index (κ2) is 10.3. The zero-order valence-corrected chi connectivity index (χ0v) is 12.3. The number of nitrogens with one attached hydrogen (secondary N) is 1. The molecule has 0 fully saturated rings. The van der Waals surface area contributed by atoms with Crippen molar-refractivity contribution in [3.05, 3.63) is 0 Å². The molecule has 0 aliphatic rings. The van der Waals surface area contributed by atoms with Gasteiger partial charge in [0.15, 0.2) is 0 Å². The van der Waals surface area contributed by atoms with E-state index in [-0.39, 0.29) is 5.91 Å². The van der Waals surface area contributed by atoms with Gasteiger partial charge in [0.2, 0.25) is 5.91 Å². The van der Waals surface area contributed by atoms with Crippen LogP contribution in [0.3, 0.4) is 0 Å². The van der Waals surface area contributed by atoms with Crippen LogP contribution in [-0.4, -0.2) is 31.2 Å². The number of hydrogen-bond acceptors (Lipinski definition) is 3. The molecule has 0 bridgehead atoms. The van der Waals surface area contributed by atoms with Gasteiger partial charge < -0.3 is 15.8 Å². The molecular weight excluding hydrogens is 228 g/mol. The summed E-state index contributed by atoms with van der Waals surface area (Å²) >= 11 is 0. The van der Waals surface area contributed by atoms with Crippen molar-refractivity contribution in [2.75, 3.05) is 19.8 Å². The quantitative estimate of drug-likeness (QED) is 0.528. The number of ether oxygens (including phenoxy) is 1. The fourth-order valence-electron chi connectivity index (χ4n) is 1.93. The SMILES string of the molecule is CCCCCOCCCCC(C)(NCC)C(N)=O. The third-order valence-corrected chi connectivity index (χ3v) is 3.22. The van der Waals surface area contributed by atoms with Gasteiger partial charge >= 0.3 is 0 Å². The minimum Gasteiger partial charge on any atom is -0.381 e. The lowest BCUT2D eigenvalue weighted by atomic mass is 9.94. The second-order valence-electron chi connectivity index (χ2n) is 5.00. The van der Waals surface area contributed by atoms with Crippen molar-refractivity contribution in [3.63, 3.8) is 0 Å². The average molecular weight is 258 g/mol. The first kappa shape index (κ1) is 17.4. The molecule has 0 heterocycles. The van der Waals surface area contributed by atoms with E-state index < -0.39 is 5.54 Å². The van der Waals surface area contributed by atoms with Gasteiger partial charge in [0.05, 0.1) is 5.54 Å². The van der Waals surface area contributed by atoms with E-state index in [1.165, 1.54) is 12.8 Å². The zero-order valence-electron chi connectivity index (χ0n) is 12.3. The van der Waals surface area contributed by atoms with Crippen molar-refractivity contribution in [1.29, 1.82) is 0 Å². The summed E-state index contributed by atoms with van der Waals surface area (Å²) in [7, 11) is 0. The predicted octanol–water partition coefficient (Wildman–Crippen LogP) is 2.22. The van der Waals surface area contributed by atoms with Gasteiger partial charge in [0.25, 0.3) is 0 Å². The second-order valence-corrected chi connectivity index (χ2v) is 5.00. The Morgan fingerprint density at radius 2 is 1.78 bits per heavy atom. The molecule has 18 heavy (non-hydrogen) atoms. The highest BCUT2D eigenvalue weighted by Crippen LogP contribution is 2.13. The van der Waals surface area contributed by atoms with Gasteiger partial charge in [-0.2, -0.15) is 0 Å². The molecule has 3 N–H and O–H groups in total. The third kappa shape index (κ3) is 7.67. The maximum absolute atomic E-state index is 11.4. The Morgan fingerprint density at radius 3 is 2.28 bits per heavy atom. The lowest BCUT2D eigenvalue weighted by Gasteiger charge is -2.26. The molecule has 0 radical (unpaired) electrons. The number of likely N-dealkylation sites (N-methyl/N-ethyl adjacent to an activating group) is 1. The van der Waals surface area contributed by atoms with Gasteiger partial charge in [-0.3, -0.25) is 4.79 Å². The summed E-state index contributed by atoms with van der Waals surface area (Å²) in [6.45, 7) is 8.44. The largest absolute Gasteiger partial charge is 0.381 e. The molecule has 0 rings (SSSR count). The molecular formula is C14H30N2O2. The Hall–Kier alpha value is -0.610. The third-order valence-electron chi connectivity index (χ3n) is 3.22. The van der Waals surface area contributed by atoms with E-state index in [1.54, 1.807) is 0 Å². The first-order valence-corrected chi connectivity index (χ1v) is 7.19. The van der Waals surface area contributed by atoms with Crippen LogP contribution in [0, 0.1) is 0 Å². The Balaban J connectivity index is 3.59. The van der Waals surface area contributed by atoms with Crippen molar-refractivity contribution in [3.8, 4) is 0 Å². The maximum atomic E-state index is 11.4. The molecule has 0 aliphatic carbocycles. The van der Waals surface area contributed by atoms with E-state index in [2.05, 4.69) is 12.2 Å². The molecule has 4 nitrogen and oxygen atoms in total. The summed E-state index contributed by atoms with van der Waals surface area (Å²) in [5, 5.41) is 3.16. The van der Waals surface area contributed by atoms with Crippen molar-refractivity contribution >= 4 is 5.91 Å². The van der Waals surface area contributed by atoms with Gasteiger partial charge in [-0.1, -0.05) is 26.7 Å². The molecule has 0 spiro atoms. The van der Waals surface area contributed by atoms with Crippen molar-refractivity contribution in [2.45, 2.75) is 64.8 Å². The monoisotopic (exact) mass is 258 g/mol. The number of unbranched alkanes of at least 4 members (excludes halogenated alkanes) is 3. The first-order valence-electron chi connectivity index (χ1n) is 7.19. The van der Waals surface area contributed by atoms with E-state index in [0.29, 0.717) is 0 Å². The molecule has 0 saturated carbocycles. The van der Waals surface area contributed by atoms with Gasteiger partial charge in [-0.15, -0.1) is 0 Å². The van der Waals surface area contributed by atoms with Crippen molar-refractivity contribution in [2.24, 2.45) is 5.73 Å². The van der Waals surface area contributed by atoms with Crippen LogP contribution in [0.5, 0.6) is 0 Å². The van der Waals surface area contributed by atoms with Crippen LogP contribution in [0.2, 0.25) is 0 Å². The highest BCUT2D eigenvalue weighted by Gasteiger charge is 2.28. The summed E-state index contributed by atoms with van der Waals surface area (Å²) < 4.78 is 5.53. The molecule has 1 amide bonds. The highest BCUT2D eigenvalue weighted by atomic mass is 16.5. The fraction of sp³-hybridized carbons (Fsp3) is 0.929. The molecule has 0 aromatic heterocycles. The van der Waals surface area contributed by atoms with Gasteiger partial charge in [-0.05, 0) is 39.2 Å². The number of carbonyl (C=O) groups excluding carboxylic acids is 1. The van der Waals surface area contributed by atoms with E-state index in [4.69, 9.17) is 10.5 Å². The minimum atomic E-state index is -0.572. The summed E-state index contributed by atoms with van der Waals surface area (Å²) in [6, 6.07) is 0. The number of primary amides is 1. The molecule has 0 aromatic carbocycles. The molecule has 108 valence electrons. The Labute approximate surface area is 112 Å². The van der Waals surface area contributed by atoms with E-state index >= 15 is 0 Å². The van der Waals surface area contributed by atoms with Gasteiger partial charge in [0, 0.05) is 13.2 Å². The number of rotatable bonds is 12. The van der Waals surface area contributed by atoms with Crippen molar-refractivity contribution in [1.82, 2.24) is 5.32 Å². The minimum absolute atomic E-state index is 0.270. The first-order chi connectivity index (χ1) is 8.56. The number of carbonyl (C=O) groups is 1. The van der Waals surface area contributed by atoms with E-state index in [1.807, 2.05) is 13.8 Å². The van der Waals surface area contributed by atoms with Crippen LogP contribution in [0.25, 0.3) is 0 Å². The van der Waals surface area contributed by atoms with Crippen LogP contribution in [0.15, 0.2) is 0 Å². The van der Waals surface area contributed by atoms with E-state index in [0.717, 1.165) is 45.4 Å². The molecule has 0 saturated heterocycles. The van der Waals surface area contributed by atoms with Crippen LogP contribution in [0.1, 0.15) is 59.3 Å². The maximum Gasteiger partial charge on any atom is 0.237 e. The number of nitrogens with two attached hydrogens (primary N) is 1. The Kier molecular flexibility index (Phi) is 9.98. The van der Waals surface area contributed by atoms with Crippen molar-refractivity contribution < 1.29 is 9.53 Å². The van der Waals surface area contributed by atoms with Gasteiger partial charge in [0.1, 0.15) is 0 Å². The normalized spacial score (nSPS) is 14.4. The summed E-state index contributed by atoms with van der Waals surface area (Å²) in [5.74, 6) is -0.270. The standard InChI is InChI=1S/C14H30N2O2/c1-4-6-8-11-18-12-9-7-10-14(3,13(15)17)16-5-2/h16H,4-12H2,1-3H3,(H2,15,17). The smallest absolute Gasteiger partial charge is 0.237 e. The molecule has 4 heteroatoms. The Morgan fingerprint density at radius 1 is 1.17 bits per heavy atom. The number of amides is 1. The molecule has 1 atom stereocenters. The lowest BCUT2D eigenvalue weighted by molar-refractivity contribution is -0.124. The summed E-state index contributed by atoms with van der Waals surface area (Å²) in [5.41, 5.74) is 4.85. The predicted molar refractivity (Wildman–Crippen MR) is 75.5 cm³/mol. The average Bonchev–Trinajstić information content (AvgIpc) is 2.33. The highest BCUT2D eigenvalue weighted by molar-refractivity contribution is 5.84. The van der Waals surface area contributed by atoms with Crippen LogP contribution < -0.4 is 11.1 Å². The molecule has 0 aromatic rings. The van der Waals surface area contributed by atoms with Crippen LogP contribution in [0.4, 0.5) is 0 Å². The van der Waals surface area contributed by atoms with E-state index in [9.17, 15) is 4.79 Å².